The predicted molar refractivity (Wildman–Crippen MR) is 115 cm³/mol. The van der Waals surface area contributed by atoms with E-state index in [2.05, 4.69) is 29.3 Å². The van der Waals surface area contributed by atoms with Crippen molar-refractivity contribution in [2.24, 2.45) is 5.10 Å². The summed E-state index contributed by atoms with van der Waals surface area (Å²) in [6.45, 7) is 2.65. The van der Waals surface area contributed by atoms with Crippen molar-refractivity contribution in [2.75, 3.05) is 6.61 Å². The number of rotatable bonds is 4. The van der Waals surface area contributed by atoms with Gasteiger partial charge in [0.25, 0.3) is 0 Å². The largest absolute Gasteiger partial charge is 0.494 e. The number of ether oxygens (including phenoxy) is 2. The van der Waals surface area contributed by atoms with Crippen molar-refractivity contribution < 1.29 is 9.47 Å². The number of hydrazone groups is 1. The van der Waals surface area contributed by atoms with Gasteiger partial charge in [-0.3, -0.25) is 0 Å². The molecule has 4 nitrogen and oxygen atoms in total. The van der Waals surface area contributed by atoms with E-state index in [4.69, 9.17) is 26.2 Å². The summed E-state index contributed by atoms with van der Waals surface area (Å²) in [5.74, 6) is 1.79. The van der Waals surface area contributed by atoms with Gasteiger partial charge in [0, 0.05) is 22.6 Å². The lowest BCUT2D eigenvalue weighted by atomic mass is 9.96. The third kappa shape index (κ3) is 3.34. The van der Waals surface area contributed by atoms with Crippen LogP contribution in [0.3, 0.4) is 0 Å². The molecule has 146 valence electrons. The normalized spacial score (nSPS) is 19.8. The summed E-state index contributed by atoms with van der Waals surface area (Å²) in [5.41, 5.74) is 4.36. The highest BCUT2D eigenvalue weighted by Crippen LogP contribution is 2.47. The Morgan fingerprint density at radius 2 is 1.79 bits per heavy atom. The monoisotopic (exact) mass is 404 g/mol. The Morgan fingerprint density at radius 3 is 2.55 bits per heavy atom. The zero-order chi connectivity index (χ0) is 19.8. The Hall–Kier alpha value is -2.98. The molecule has 2 aliphatic rings. The Bertz CT molecular complexity index is 1050. The van der Waals surface area contributed by atoms with E-state index >= 15 is 0 Å². The first-order valence-electron chi connectivity index (χ1n) is 9.83. The molecule has 0 unspecified atom stereocenters. The third-order valence-electron chi connectivity index (χ3n) is 5.35. The van der Waals surface area contributed by atoms with Crippen molar-refractivity contribution in [3.05, 3.63) is 94.5 Å². The van der Waals surface area contributed by atoms with Crippen LogP contribution in [0.4, 0.5) is 0 Å². The SMILES string of the molecule is CCOc1ccc(C2=NN3[C@@H](C2)c2ccccc2O[C@H]3c2ccc(Cl)cc2)cc1. The molecule has 5 heteroatoms. The fraction of sp³-hybridized carbons (Fsp3) is 0.208. The van der Waals surface area contributed by atoms with Crippen LogP contribution in [-0.4, -0.2) is 17.3 Å². The molecule has 2 aliphatic heterocycles. The van der Waals surface area contributed by atoms with Crippen LogP contribution < -0.4 is 9.47 Å². The topological polar surface area (TPSA) is 34.1 Å². The van der Waals surface area contributed by atoms with Gasteiger partial charge in [0.05, 0.1) is 18.4 Å². The second-order valence-corrected chi connectivity index (χ2v) is 7.60. The van der Waals surface area contributed by atoms with Gasteiger partial charge in [0.2, 0.25) is 6.23 Å². The van der Waals surface area contributed by atoms with Crippen molar-refractivity contribution in [3.63, 3.8) is 0 Å². The number of nitrogens with zero attached hydrogens (tertiary/aromatic N) is 2. The summed E-state index contributed by atoms with van der Waals surface area (Å²) in [6.07, 6.45) is 0.547. The van der Waals surface area contributed by atoms with E-state index in [1.165, 1.54) is 5.56 Å². The van der Waals surface area contributed by atoms with Gasteiger partial charge in [-0.1, -0.05) is 41.9 Å². The first kappa shape index (κ1) is 18.1. The van der Waals surface area contributed by atoms with Crippen molar-refractivity contribution in [1.82, 2.24) is 5.01 Å². The molecule has 2 atom stereocenters. The Morgan fingerprint density at radius 1 is 1.03 bits per heavy atom. The minimum atomic E-state index is -0.285. The van der Waals surface area contributed by atoms with Crippen molar-refractivity contribution in [3.8, 4) is 11.5 Å². The van der Waals surface area contributed by atoms with E-state index in [0.717, 1.165) is 34.8 Å². The minimum Gasteiger partial charge on any atom is -0.494 e. The molecule has 0 amide bonds. The molecular formula is C24H21ClN2O2. The highest BCUT2D eigenvalue weighted by molar-refractivity contribution is 6.30. The Labute approximate surface area is 175 Å². The molecule has 0 saturated carbocycles. The smallest absolute Gasteiger partial charge is 0.213 e. The summed E-state index contributed by atoms with van der Waals surface area (Å²) in [6, 6.07) is 24.3. The van der Waals surface area contributed by atoms with Gasteiger partial charge < -0.3 is 9.47 Å². The molecule has 3 aromatic rings. The highest BCUT2D eigenvalue weighted by Gasteiger charge is 2.40. The maximum Gasteiger partial charge on any atom is 0.213 e. The van der Waals surface area contributed by atoms with Crippen LogP contribution in [0, 0.1) is 0 Å². The third-order valence-corrected chi connectivity index (χ3v) is 5.60. The number of hydrogen-bond acceptors (Lipinski definition) is 4. The van der Waals surface area contributed by atoms with Crippen LogP contribution in [0.15, 0.2) is 77.9 Å². The van der Waals surface area contributed by atoms with Gasteiger partial charge >= 0.3 is 0 Å². The van der Waals surface area contributed by atoms with Crippen LogP contribution >= 0.6 is 11.6 Å². The van der Waals surface area contributed by atoms with E-state index in [-0.39, 0.29) is 12.3 Å². The summed E-state index contributed by atoms with van der Waals surface area (Å²) in [7, 11) is 0. The van der Waals surface area contributed by atoms with Crippen LogP contribution in [0.5, 0.6) is 11.5 Å². The van der Waals surface area contributed by atoms with Gasteiger partial charge in [0.15, 0.2) is 0 Å². The molecule has 0 fully saturated rings. The Balaban J connectivity index is 1.52. The quantitative estimate of drug-likeness (QED) is 0.536. The highest BCUT2D eigenvalue weighted by atomic mass is 35.5. The first-order chi connectivity index (χ1) is 14.2. The molecule has 0 radical (unpaired) electrons. The molecule has 0 bridgehead atoms. The molecule has 5 rings (SSSR count). The average molecular weight is 405 g/mol. The van der Waals surface area contributed by atoms with E-state index in [9.17, 15) is 0 Å². The molecule has 0 spiro atoms. The van der Waals surface area contributed by atoms with Crippen LogP contribution in [0.25, 0.3) is 0 Å². The molecule has 0 aliphatic carbocycles. The molecule has 3 aromatic carbocycles. The van der Waals surface area contributed by atoms with E-state index in [1.54, 1.807) is 0 Å². The van der Waals surface area contributed by atoms with Crippen LogP contribution in [-0.2, 0) is 0 Å². The number of fused-ring (bicyclic) bond motifs is 3. The summed E-state index contributed by atoms with van der Waals surface area (Å²) < 4.78 is 11.9. The minimum absolute atomic E-state index is 0.141. The summed E-state index contributed by atoms with van der Waals surface area (Å²) >= 11 is 6.09. The van der Waals surface area contributed by atoms with Gasteiger partial charge in [-0.25, -0.2) is 5.01 Å². The van der Waals surface area contributed by atoms with Gasteiger partial charge in [0.1, 0.15) is 11.5 Å². The molecule has 0 N–H and O–H groups in total. The molecule has 0 saturated heterocycles. The fourth-order valence-electron chi connectivity index (χ4n) is 3.97. The zero-order valence-corrected chi connectivity index (χ0v) is 16.8. The average Bonchev–Trinajstić information content (AvgIpc) is 3.20. The van der Waals surface area contributed by atoms with Crippen molar-refractivity contribution in [2.45, 2.75) is 25.6 Å². The van der Waals surface area contributed by atoms with E-state index < -0.39 is 0 Å². The second kappa shape index (κ2) is 7.45. The van der Waals surface area contributed by atoms with E-state index in [0.29, 0.717) is 11.6 Å². The van der Waals surface area contributed by atoms with Crippen LogP contribution in [0.2, 0.25) is 5.02 Å². The molecule has 2 heterocycles. The lowest BCUT2D eigenvalue weighted by Crippen LogP contribution is -2.33. The van der Waals surface area contributed by atoms with E-state index in [1.807, 2.05) is 55.5 Å². The second-order valence-electron chi connectivity index (χ2n) is 7.16. The standard InChI is InChI=1S/C24H21ClN2O2/c1-2-28-19-13-9-16(10-14-19)21-15-22-20-5-3-4-6-23(20)29-24(27(22)26-21)17-7-11-18(25)12-8-17/h3-14,22,24H,2,15H2,1H3/t22-,24-/m0/s1. The van der Waals surface area contributed by atoms with Crippen molar-refractivity contribution >= 4 is 17.3 Å². The van der Waals surface area contributed by atoms with Crippen LogP contribution in [0.1, 0.15) is 42.3 Å². The van der Waals surface area contributed by atoms with Gasteiger partial charge in [-0.15, -0.1) is 0 Å². The molecule has 0 aromatic heterocycles. The predicted octanol–water partition coefficient (Wildman–Crippen LogP) is 5.98. The first-order valence-corrected chi connectivity index (χ1v) is 10.2. The van der Waals surface area contributed by atoms with Gasteiger partial charge in [-0.2, -0.15) is 5.10 Å². The fourth-order valence-corrected chi connectivity index (χ4v) is 4.09. The number of benzene rings is 3. The number of hydrogen-bond donors (Lipinski definition) is 0. The lowest BCUT2D eigenvalue weighted by Gasteiger charge is -2.38. The van der Waals surface area contributed by atoms with Gasteiger partial charge in [-0.05, 0) is 55.0 Å². The number of halogens is 1. The van der Waals surface area contributed by atoms with Crippen molar-refractivity contribution in [1.29, 1.82) is 0 Å². The molecule has 29 heavy (non-hydrogen) atoms. The maximum atomic E-state index is 6.36. The molecular weight excluding hydrogens is 384 g/mol. The maximum absolute atomic E-state index is 6.36. The summed E-state index contributed by atoms with van der Waals surface area (Å²) in [5, 5.41) is 7.78. The number of para-hydroxylation sites is 1. The summed E-state index contributed by atoms with van der Waals surface area (Å²) in [4.78, 5) is 0. The zero-order valence-electron chi connectivity index (χ0n) is 16.1. The Kier molecular flexibility index (Phi) is 4.64. The lowest BCUT2D eigenvalue weighted by molar-refractivity contribution is -0.0190.